The van der Waals surface area contributed by atoms with Crippen LogP contribution in [0.3, 0.4) is 0 Å². The van der Waals surface area contributed by atoms with Gasteiger partial charge in [-0.1, -0.05) is 6.08 Å². The van der Waals surface area contributed by atoms with Gasteiger partial charge in [0.25, 0.3) is 0 Å². The first kappa shape index (κ1) is 10.5. The first-order valence-electron chi connectivity index (χ1n) is 4.50. The van der Waals surface area contributed by atoms with Gasteiger partial charge >= 0.3 is 0 Å². The van der Waals surface area contributed by atoms with E-state index in [0.29, 0.717) is 5.56 Å². The third-order valence-electron chi connectivity index (χ3n) is 2.00. The van der Waals surface area contributed by atoms with Crippen LogP contribution in [0.15, 0.2) is 30.4 Å². The molecule has 0 fully saturated rings. The van der Waals surface area contributed by atoms with Gasteiger partial charge in [0.05, 0.1) is 7.11 Å². The minimum absolute atomic E-state index is 0.0262. The van der Waals surface area contributed by atoms with Crippen molar-refractivity contribution >= 4 is 5.78 Å². The predicted octanol–water partition coefficient (Wildman–Crippen LogP) is 2.76. The Morgan fingerprint density at radius 1 is 1.43 bits per heavy atom. The highest BCUT2D eigenvalue weighted by Crippen LogP contribution is 2.18. The van der Waals surface area contributed by atoms with Crippen molar-refractivity contribution in [2.75, 3.05) is 7.11 Å². The Hall–Kier alpha value is -1.57. The molecule has 1 aromatic rings. The SMILES string of the molecule is C/C=C/C(=O)c1ccc(OC)c(C)c1. The summed E-state index contributed by atoms with van der Waals surface area (Å²) in [4.78, 5) is 11.5. The quantitative estimate of drug-likeness (QED) is 0.541. The summed E-state index contributed by atoms with van der Waals surface area (Å²) in [5.74, 6) is 0.834. The van der Waals surface area contributed by atoms with E-state index in [2.05, 4.69) is 0 Å². The van der Waals surface area contributed by atoms with Crippen LogP contribution in [-0.4, -0.2) is 12.9 Å². The fraction of sp³-hybridized carbons (Fsp3) is 0.250. The number of allylic oxidation sites excluding steroid dienone is 2. The van der Waals surface area contributed by atoms with Crippen molar-refractivity contribution < 1.29 is 9.53 Å². The molecule has 0 aliphatic carbocycles. The number of rotatable bonds is 3. The second-order valence-corrected chi connectivity index (χ2v) is 3.05. The van der Waals surface area contributed by atoms with Crippen molar-refractivity contribution in [2.24, 2.45) is 0 Å². The Morgan fingerprint density at radius 2 is 2.14 bits per heavy atom. The lowest BCUT2D eigenvalue weighted by atomic mass is 10.1. The standard InChI is InChI=1S/C12H14O2/c1-4-5-11(13)10-6-7-12(14-3)9(2)8-10/h4-8H,1-3H3/b5-4+. The molecule has 0 saturated heterocycles. The zero-order chi connectivity index (χ0) is 10.6. The minimum atomic E-state index is 0.0262. The van der Waals surface area contributed by atoms with Gasteiger partial charge in [-0.2, -0.15) is 0 Å². The molecule has 1 rings (SSSR count). The summed E-state index contributed by atoms with van der Waals surface area (Å²) < 4.78 is 5.11. The molecule has 14 heavy (non-hydrogen) atoms. The molecule has 0 radical (unpaired) electrons. The lowest BCUT2D eigenvalue weighted by Gasteiger charge is -2.04. The number of benzene rings is 1. The van der Waals surface area contributed by atoms with Crippen LogP contribution >= 0.6 is 0 Å². The van der Waals surface area contributed by atoms with E-state index in [-0.39, 0.29) is 5.78 Å². The normalized spacial score (nSPS) is 10.5. The summed E-state index contributed by atoms with van der Waals surface area (Å²) in [6, 6.07) is 5.42. The van der Waals surface area contributed by atoms with Crippen LogP contribution in [0.2, 0.25) is 0 Å². The third-order valence-corrected chi connectivity index (χ3v) is 2.00. The van der Waals surface area contributed by atoms with Crippen molar-refractivity contribution in [3.05, 3.63) is 41.5 Å². The van der Waals surface area contributed by atoms with E-state index in [9.17, 15) is 4.79 Å². The van der Waals surface area contributed by atoms with E-state index in [1.54, 1.807) is 25.3 Å². The molecule has 0 heterocycles. The lowest BCUT2D eigenvalue weighted by Crippen LogP contribution is -1.96. The Morgan fingerprint density at radius 3 is 2.64 bits per heavy atom. The number of hydrogen-bond acceptors (Lipinski definition) is 2. The van der Waals surface area contributed by atoms with Crippen molar-refractivity contribution in [3.63, 3.8) is 0 Å². The van der Waals surface area contributed by atoms with E-state index in [4.69, 9.17) is 4.74 Å². The highest BCUT2D eigenvalue weighted by molar-refractivity contribution is 6.04. The molecule has 0 N–H and O–H groups in total. The average molecular weight is 190 g/mol. The summed E-state index contributed by atoms with van der Waals surface area (Å²) in [5.41, 5.74) is 1.67. The van der Waals surface area contributed by atoms with E-state index < -0.39 is 0 Å². The van der Waals surface area contributed by atoms with E-state index in [0.717, 1.165) is 11.3 Å². The first-order chi connectivity index (χ1) is 6.69. The molecule has 0 aliphatic heterocycles. The molecule has 0 atom stereocenters. The molecule has 0 saturated carbocycles. The van der Waals surface area contributed by atoms with Gasteiger partial charge in [0.2, 0.25) is 0 Å². The maximum Gasteiger partial charge on any atom is 0.185 e. The molecule has 0 bridgehead atoms. The predicted molar refractivity (Wildman–Crippen MR) is 56.9 cm³/mol. The molecule has 74 valence electrons. The fourth-order valence-corrected chi connectivity index (χ4v) is 1.28. The molecule has 0 unspecified atom stereocenters. The summed E-state index contributed by atoms with van der Waals surface area (Å²) in [6.07, 6.45) is 3.29. The maximum atomic E-state index is 11.5. The summed E-state index contributed by atoms with van der Waals surface area (Å²) in [6.45, 7) is 3.75. The van der Waals surface area contributed by atoms with E-state index >= 15 is 0 Å². The monoisotopic (exact) mass is 190 g/mol. The van der Waals surface area contributed by atoms with Crippen LogP contribution in [0.25, 0.3) is 0 Å². The summed E-state index contributed by atoms with van der Waals surface area (Å²) in [5, 5.41) is 0. The van der Waals surface area contributed by atoms with Gasteiger partial charge in [0.1, 0.15) is 5.75 Å². The topological polar surface area (TPSA) is 26.3 Å². The second kappa shape index (κ2) is 4.61. The van der Waals surface area contributed by atoms with Gasteiger partial charge in [-0.15, -0.1) is 0 Å². The second-order valence-electron chi connectivity index (χ2n) is 3.05. The van der Waals surface area contributed by atoms with Crippen LogP contribution in [-0.2, 0) is 0 Å². The van der Waals surface area contributed by atoms with Gasteiger partial charge in [0, 0.05) is 5.56 Å². The lowest BCUT2D eigenvalue weighted by molar-refractivity contribution is 0.104. The molecular formula is C12H14O2. The van der Waals surface area contributed by atoms with Crippen molar-refractivity contribution in [3.8, 4) is 5.75 Å². The van der Waals surface area contributed by atoms with Gasteiger partial charge in [-0.05, 0) is 43.7 Å². The number of hydrogen-bond donors (Lipinski definition) is 0. The Bertz CT molecular complexity index is 365. The molecule has 0 spiro atoms. The van der Waals surface area contributed by atoms with Crippen LogP contribution in [0.5, 0.6) is 5.75 Å². The van der Waals surface area contributed by atoms with Gasteiger partial charge in [-0.3, -0.25) is 4.79 Å². The Balaban J connectivity index is 3.02. The van der Waals surface area contributed by atoms with Crippen LogP contribution in [0.1, 0.15) is 22.8 Å². The molecule has 1 aromatic carbocycles. The third kappa shape index (κ3) is 2.22. The highest BCUT2D eigenvalue weighted by Gasteiger charge is 2.04. The van der Waals surface area contributed by atoms with E-state index in [1.165, 1.54) is 0 Å². The van der Waals surface area contributed by atoms with Gasteiger partial charge < -0.3 is 4.74 Å². The number of ether oxygens (including phenoxy) is 1. The fourth-order valence-electron chi connectivity index (χ4n) is 1.28. The molecule has 0 aromatic heterocycles. The molecule has 2 heteroatoms. The number of aryl methyl sites for hydroxylation is 1. The molecule has 0 amide bonds. The van der Waals surface area contributed by atoms with Crippen molar-refractivity contribution in [2.45, 2.75) is 13.8 Å². The average Bonchev–Trinajstić information content (AvgIpc) is 2.18. The zero-order valence-corrected chi connectivity index (χ0v) is 8.70. The first-order valence-corrected chi connectivity index (χ1v) is 4.50. The van der Waals surface area contributed by atoms with E-state index in [1.807, 2.05) is 26.0 Å². The molecule has 2 nitrogen and oxygen atoms in total. The summed E-state index contributed by atoms with van der Waals surface area (Å²) >= 11 is 0. The minimum Gasteiger partial charge on any atom is -0.496 e. The van der Waals surface area contributed by atoms with Crippen molar-refractivity contribution in [1.29, 1.82) is 0 Å². The zero-order valence-electron chi connectivity index (χ0n) is 8.70. The van der Waals surface area contributed by atoms with Crippen LogP contribution in [0.4, 0.5) is 0 Å². The van der Waals surface area contributed by atoms with Crippen molar-refractivity contribution in [1.82, 2.24) is 0 Å². The highest BCUT2D eigenvalue weighted by atomic mass is 16.5. The number of ketones is 1. The largest absolute Gasteiger partial charge is 0.496 e. The van der Waals surface area contributed by atoms with Crippen LogP contribution < -0.4 is 4.74 Å². The smallest absolute Gasteiger partial charge is 0.185 e. The molecular weight excluding hydrogens is 176 g/mol. The van der Waals surface area contributed by atoms with Crippen LogP contribution in [0, 0.1) is 6.92 Å². The maximum absolute atomic E-state index is 11.5. The Kier molecular flexibility index (Phi) is 3.46. The number of carbonyl (C=O) groups is 1. The Labute approximate surface area is 84.2 Å². The molecule has 0 aliphatic rings. The number of carbonyl (C=O) groups excluding carboxylic acids is 1. The van der Waals surface area contributed by atoms with Gasteiger partial charge in [0.15, 0.2) is 5.78 Å². The van der Waals surface area contributed by atoms with Gasteiger partial charge in [-0.25, -0.2) is 0 Å². The summed E-state index contributed by atoms with van der Waals surface area (Å²) in [7, 11) is 1.62. The number of methoxy groups -OCH3 is 1.